The highest BCUT2D eigenvalue weighted by atomic mass is 32.2. The van der Waals surface area contributed by atoms with Crippen molar-refractivity contribution in [2.45, 2.75) is 11.0 Å². The van der Waals surface area contributed by atoms with Gasteiger partial charge in [-0.3, -0.25) is 4.79 Å². The van der Waals surface area contributed by atoms with E-state index in [-0.39, 0.29) is 18.2 Å². The van der Waals surface area contributed by atoms with Gasteiger partial charge in [-0.15, -0.1) is 11.8 Å². The molecule has 1 N–H and O–H groups in total. The van der Waals surface area contributed by atoms with Gasteiger partial charge in [0.2, 0.25) is 0 Å². The predicted octanol–water partition coefficient (Wildman–Crippen LogP) is 2.53. The van der Waals surface area contributed by atoms with Gasteiger partial charge in [0.1, 0.15) is 24.0 Å². The van der Waals surface area contributed by atoms with Crippen LogP contribution in [0.5, 0.6) is 17.2 Å². The first kappa shape index (κ1) is 19.9. The number of para-hydroxylation sites is 2. The van der Waals surface area contributed by atoms with Crippen molar-refractivity contribution in [3.63, 3.8) is 0 Å². The minimum absolute atomic E-state index is 0.246. The molecule has 8 heteroatoms. The Bertz CT molecular complexity index is 856. The summed E-state index contributed by atoms with van der Waals surface area (Å²) < 4.78 is 21.7. The van der Waals surface area contributed by atoms with Crippen LogP contribution in [-0.2, 0) is 9.53 Å². The number of carbonyl (C=O) groups excluding carboxylic acids is 2. The first-order valence-corrected chi connectivity index (χ1v) is 9.87. The van der Waals surface area contributed by atoms with E-state index in [0.29, 0.717) is 23.9 Å². The van der Waals surface area contributed by atoms with Crippen molar-refractivity contribution in [2.24, 2.45) is 0 Å². The SMILES string of the molecule is COc1cc(SC)ccc1C(=O)OCC(=O)NC[C@@H]1COc2ccccc2O1. The molecule has 0 bridgehead atoms. The van der Waals surface area contributed by atoms with Gasteiger partial charge < -0.3 is 24.3 Å². The van der Waals surface area contributed by atoms with Crippen LogP contribution in [0.4, 0.5) is 0 Å². The molecule has 0 radical (unpaired) electrons. The molecule has 0 aliphatic carbocycles. The Morgan fingerprint density at radius 2 is 2.00 bits per heavy atom. The summed E-state index contributed by atoms with van der Waals surface area (Å²) in [5, 5.41) is 2.68. The Labute approximate surface area is 167 Å². The van der Waals surface area contributed by atoms with E-state index < -0.39 is 18.5 Å². The van der Waals surface area contributed by atoms with Gasteiger partial charge in [0.15, 0.2) is 18.1 Å². The summed E-state index contributed by atoms with van der Waals surface area (Å²) >= 11 is 1.53. The molecule has 1 heterocycles. The summed E-state index contributed by atoms with van der Waals surface area (Å²) in [5.74, 6) is 0.686. The Kier molecular flexibility index (Phi) is 6.65. The number of hydrogen-bond donors (Lipinski definition) is 1. The van der Waals surface area contributed by atoms with Crippen molar-refractivity contribution in [1.29, 1.82) is 0 Å². The second kappa shape index (κ2) is 9.36. The minimum atomic E-state index is -0.620. The number of rotatable bonds is 7. The molecule has 1 amide bonds. The van der Waals surface area contributed by atoms with Crippen molar-refractivity contribution in [2.75, 3.05) is 33.1 Å². The zero-order valence-electron chi connectivity index (χ0n) is 15.6. The number of ether oxygens (including phenoxy) is 4. The molecule has 7 nitrogen and oxygen atoms in total. The molecule has 3 rings (SSSR count). The number of hydrogen-bond acceptors (Lipinski definition) is 7. The lowest BCUT2D eigenvalue weighted by atomic mass is 10.2. The average Bonchev–Trinajstić information content (AvgIpc) is 2.75. The monoisotopic (exact) mass is 403 g/mol. The van der Waals surface area contributed by atoms with Gasteiger partial charge in [0.25, 0.3) is 5.91 Å². The van der Waals surface area contributed by atoms with E-state index in [4.69, 9.17) is 18.9 Å². The highest BCUT2D eigenvalue weighted by molar-refractivity contribution is 7.98. The number of fused-ring (bicyclic) bond motifs is 1. The molecule has 28 heavy (non-hydrogen) atoms. The summed E-state index contributed by atoms with van der Waals surface area (Å²) in [6, 6.07) is 12.5. The summed E-state index contributed by atoms with van der Waals surface area (Å²) in [6.45, 7) is 0.183. The normalized spacial score (nSPS) is 14.9. The number of thioether (sulfide) groups is 1. The van der Waals surface area contributed by atoms with E-state index in [0.717, 1.165) is 4.90 Å². The zero-order valence-corrected chi connectivity index (χ0v) is 16.4. The molecule has 0 unspecified atom stereocenters. The van der Waals surface area contributed by atoms with E-state index in [1.807, 2.05) is 24.5 Å². The Morgan fingerprint density at radius 1 is 1.21 bits per heavy atom. The van der Waals surface area contributed by atoms with E-state index in [9.17, 15) is 9.59 Å². The topological polar surface area (TPSA) is 83.1 Å². The maximum Gasteiger partial charge on any atom is 0.342 e. The zero-order chi connectivity index (χ0) is 19.9. The molecule has 2 aromatic carbocycles. The van der Waals surface area contributed by atoms with Crippen LogP contribution in [0.1, 0.15) is 10.4 Å². The van der Waals surface area contributed by atoms with Crippen LogP contribution in [0.3, 0.4) is 0 Å². The fourth-order valence-electron chi connectivity index (χ4n) is 2.62. The molecule has 0 spiro atoms. The number of carbonyl (C=O) groups is 2. The molecule has 0 saturated carbocycles. The second-order valence-corrected chi connectivity index (χ2v) is 6.82. The van der Waals surface area contributed by atoms with Crippen LogP contribution in [0.15, 0.2) is 47.4 Å². The number of benzene rings is 2. The first-order chi connectivity index (χ1) is 13.6. The largest absolute Gasteiger partial charge is 0.496 e. The van der Waals surface area contributed by atoms with E-state index in [2.05, 4.69) is 5.32 Å². The number of amides is 1. The third-order valence-corrected chi connectivity index (χ3v) is 4.78. The number of methoxy groups -OCH3 is 1. The maximum atomic E-state index is 12.2. The molecular formula is C20H21NO6S. The molecule has 0 aromatic heterocycles. The molecule has 2 aromatic rings. The van der Waals surface area contributed by atoms with Crippen LogP contribution in [-0.4, -0.2) is 51.1 Å². The van der Waals surface area contributed by atoms with Crippen molar-refractivity contribution >= 4 is 23.6 Å². The quantitative estimate of drug-likeness (QED) is 0.562. The standard InChI is InChI=1S/C20H21NO6S/c1-24-18-9-14(28-2)7-8-15(18)20(23)26-12-19(22)21-10-13-11-25-16-5-3-4-6-17(16)27-13/h3-9,13H,10-12H2,1-2H3,(H,21,22)/t13-/m1/s1. The van der Waals surface area contributed by atoms with E-state index in [1.54, 1.807) is 24.3 Å². The second-order valence-electron chi connectivity index (χ2n) is 5.94. The molecule has 1 aliphatic heterocycles. The summed E-state index contributed by atoms with van der Waals surface area (Å²) in [6.07, 6.45) is 1.62. The third kappa shape index (κ3) is 4.89. The van der Waals surface area contributed by atoms with Crippen molar-refractivity contribution in [1.82, 2.24) is 5.32 Å². The average molecular weight is 403 g/mol. The van der Waals surface area contributed by atoms with Crippen LogP contribution >= 0.6 is 11.8 Å². The molecule has 1 aliphatic rings. The van der Waals surface area contributed by atoms with Crippen LogP contribution in [0.25, 0.3) is 0 Å². The van der Waals surface area contributed by atoms with E-state index >= 15 is 0 Å². The van der Waals surface area contributed by atoms with Crippen molar-refractivity contribution in [3.05, 3.63) is 48.0 Å². The summed E-state index contributed by atoms with van der Waals surface area (Å²) in [4.78, 5) is 25.2. The van der Waals surface area contributed by atoms with Gasteiger partial charge in [-0.2, -0.15) is 0 Å². The molecular weight excluding hydrogens is 382 g/mol. The van der Waals surface area contributed by atoms with Crippen LogP contribution < -0.4 is 19.5 Å². The van der Waals surface area contributed by atoms with Gasteiger partial charge in [0.05, 0.1) is 13.7 Å². The number of nitrogens with one attached hydrogen (secondary N) is 1. The smallest absolute Gasteiger partial charge is 0.342 e. The summed E-state index contributed by atoms with van der Waals surface area (Å²) in [5.41, 5.74) is 0.272. The minimum Gasteiger partial charge on any atom is -0.496 e. The van der Waals surface area contributed by atoms with E-state index in [1.165, 1.54) is 18.9 Å². The predicted molar refractivity (Wildman–Crippen MR) is 104 cm³/mol. The van der Waals surface area contributed by atoms with Gasteiger partial charge in [-0.05, 0) is 36.6 Å². The fourth-order valence-corrected chi connectivity index (χ4v) is 3.05. The number of esters is 1. The Morgan fingerprint density at radius 3 is 2.75 bits per heavy atom. The van der Waals surface area contributed by atoms with Gasteiger partial charge >= 0.3 is 5.97 Å². The van der Waals surface area contributed by atoms with Crippen molar-refractivity contribution < 1.29 is 28.5 Å². The van der Waals surface area contributed by atoms with Gasteiger partial charge in [-0.1, -0.05) is 12.1 Å². The highest BCUT2D eigenvalue weighted by Gasteiger charge is 2.21. The van der Waals surface area contributed by atoms with Crippen molar-refractivity contribution in [3.8, 4) is 17.2 Å². The maximum absolute atomic E-state index is 12.2. The van der Waals surface area contributed by atoms with Crippen LogP contribution in [0, 0.1) is 0 Å². The highest BCUT2D eigenvalue weighted by Crippen LogP contribution is 2.30. The van der Waals surface area contributed by atoms with Gasteiger partial charge in [-0.25, -0.2) is 4.79 Å². The third-order valence-electron chi connectivity index (χ3n) is 4.06. The molecule has 0 fully saturated rings. The fraction of sp³-hybridized carbons (Fsp3) is 0.300. The summed E-state index contributed by atoms with van der Waals surface area (Å²) in [7, 11) is 1.48. The Balaban J connectivity index is 1.46. The molecule has 1 atom stereocenters. The lowest BCUT2D eigenvalue weighted by Gasteiger charge is -2.26. The lowest BCUT2D eigenvalue weighted by molar-refractivity contribution is -0.124. The first-order valence-electron chi connectivity index (χ1n) is 8.65. The lowest BCUT2D eigenvalue weighted by Crippen LogP contribution is -2.42. The Hall–Kier alpha value is -2.87. The molecule has 148 valence electrons. The van der Waals surface area contributed by atoms with Gasteiger partial charge in [0, 0.05) is 4.90 Å². The van der Waals surface area contributed by atoms with Crippen LogP contribution in [0.2, 0.25) is 0 Å². The molecule has 0 saturated heterocycles.